The first-order chi connectivity index (χ1) is 9.24. The zero-order chi connectivity index (χ0) is 13.5. The lowest BCUT2D eigenvalue weighted by molar-refractivity contribution is -0.120. The Labute approximate surface area is 113 Å². The van der Waals surface area contributed by atoms with Crippen molar-refractivity contribution in [3.05, 3.63) is 35.6 Å². The van der Waals surface area contributed by atoms with Gasteiger partial charge in [0.1, 0.15) is 5.82 Å². The average Bonchev–Trinajstić information content (AvgIpc) is 2.87. The van der Waals surface area contributed by atoms with Crippen LogP contribution in [0.5, 0.6) is 0 Å². The molecule has 2 rings (SSSR count). The largest absolute Gasteiger partial charge is 0.352 e. The fourth-order valence-corrected chi connectivity index (χ4v) is 2.48. The van der Waals surface area contributed by atoms with Crippen LogP contribution in [-0.4, -0.2) is 25.0 Å². The van der Waals surface area contributed by atoms with E-state index in [1.54, 1.807) is 6.07 Å². The van der Waals surface area contributed by atoms with Crippen molar-refractivity contribution in [1.82, 2.24) is 10.6 Å². The lowest BCUT2D eigenvalue weighted by Crippen LogP contribution is -2.39. The third kappa shape index (κ3) is 4.99. The summed E-state index contributed by atoms with van der Waals surface area (Å²) in [5.74, 6) is -0.150. The van der Waals surface area contributed by atoms with Gasteiger partial charge in [-0.3, -0.25) is 4.79 Å². The number of rotatable bonds is 6. The maximum Gasteiger partial charge on any atom is 0.234 e. The molecule has 0 bridgehead atoms. The van der Waals surface area contributed by atoms with Gasteiger partial charge in [-0.25, -0.2) is 4.39 Å². The summed E-state index contributed by atoms with van der Waals surface area (Å²) < 4.78 is 12.9. The maximum absolute atomic E-state index is 12.9. The van der Waals surface area contributed by atoms with Crippen molar-refractivity contribution in [2.24, 2.45) is 0 Å². The van der Waals surface area contributed by atoms with Gasteiger partial charge in [-0.15, -0.1) is 0 Å². The van der Waals surface area contributed by atoms with Crippen LogP contribution in [0.4, 0.5) is 4.39 Å². The van der Waals surface area contributed by atoms with Crippen molar-refractivity contribution >= 4 is 5.91 Å². The molecule has 0 saturated heterocycles. The van der Waals surface area contributed by atoms with Crippen LogP contribution in [0.25, 0.3) is 0 Å². The molecule has 0 radical (unpaired) electrons. The SMILES string of the molecule is O=C(CNCCc1cccc(F)c1)NC1CCCC1. The predicted octanol–water partition coefficient (Wildman–Crippen LogP) is 2.02. The number of amides is 1. The van der Waals surface area contributed by atoms with E-state index >= 15 is 0 Å². The van der Waals surface area contributed by atoms with Gasteiger partial charge in [0, 0.05) is 6.04 Å². The molecule has 1 aliphatic carbocycles. The first-order valence-corrected chi connectivity index (χ1v) is 6.98. The molecule has 2 N–H and O–H groups in total. The molecule has 104 valence electrons. The van der Waals surface area contributed by atoms with Crippen LogP contribution < -0.4 is 10.6 Å². The highest BCUT2D eigenvalue weighted by Gasteiger charge is 2.16. The smallest absolute Gasteiger partial charge is 0.234 e. The fraction of sp³-hybridized carbons (Fsp3) is 0.533. The molecule has 1 aliphatic rings. The van der Waals surface area contributed by atoms with Crippen LogP contribution in [0, 0.1) is 5.82 Å². The standard InChI is InChI=1S/C15H21FN2O/c16-13-5-3-4-12(10-13)8-9-17-11-15(19)18-14-6-1-2-7-14/h3-5,10,14,17H,1-2,6-9,11H2,(H,18,19). The number of carbonyl (C=O) groups is 1. The normalized spacial score (nSPS) is 15.6. The number of carbonyl (C=O) groups excluding carboxylic acids is 1. The van der Waals surface area contributed by atoms with Crippen LogP contribution in [0.1, 0.15) is 31.2 Å². The monoisotopic (exact) mass is 264 g/mol. The van der Waals surface area contributed by atoms with Crippen LogP contribution in [0.15, 0.2) is 24.3 Å². The number of nitrogens with one attached hydrogen (secondary N) is 2. The molecule has 0 aromatic heterocycles. The lowest BCUT2D eigenvalue weighted by atomic mass is 10.1. The average molecular weight is 264 g/mol. The van der Waals surface area contributed by atoms with E-state index in [9.17, 15) is 9.18 Å². The summed E-state index contributed by atoms with van der Waals surface area (Å²) in [6.45, 7) is 1.02. The molecule has 3 nitrogen and oxygen atoms in total. The Hall–Kier alpha value is -1.42. The first-order valence-electron chi connectivity index (χ1n) is 6.98. The highest BCUT2D eigenvalue weighted by atomic mass is 19.1. The van der Waals surface area contributed by atoms with Crippen molar-refractivity contribution in [2.75, 3.05) is 13.1 Å². The minimum Gasteiger partial charge on any atom is -0.352 e. The van der Waals surface area contributed by atoms with Gasteiger partial charge < -0.3 is 10.6 Å². The van der Waals surface area contributed by atoms with Gasteiger partial charge in [0.05, 0.1) is 6.54 Å². The maximum atomic E-state index is 12.9. The van der Waals surface area contributed by atoms with Crippen LogP contribution >= 0.6 is 0 Å². The number of benzene rings is 1. The number of halogens is 1. The minimum atomic E-state index is -0.212. The van der Waals surface area contributed by atoms with Gasteiger partial charge in [-0.2, -0.15) is 0 Å². The van der Waals surface area contributed by atoms with Crippen molar-refractivity contribution in [3.8, 4) is 0 Å². The van der Waals surface area contributed by atoms with Gasteiger partial charge >= 0.3 is 0 Å². The zero-order valence-corrected chi connectivity index (χ0v) is 11.1. The van der Waals surface area contributed by atoms with E-state index in [0.717, 1.165) is 24.8 Å². The van der Waals surface area contributed by atoms with Gasteiger partial charge in [0.15, 0.2) is 0 Å². The number of hydrogen-bond acceptors (Lipinski definition) is 2. The summed E-state index contributed by atoms with van der Waals surface area (Å²) in [5.41, 5.74) is 0.948. The van der Waals surface area contributed by atoms with E-state index in [1.807, 2.05) is 6.07 Å². The molecule has 1 amide bonds. The molecule has 1 saturated carbocycles. The van der Waals surface area contributed by atoms with Crippen molar-refractivity contribution in [3.63, 3.8) is 0 Å². The Morgan fingerprint density at radius 1 is 1.32 bits per heavy atom. The molecule has 1 aromatic carbocycles. The molecule has 19 heavy (non-hydrogen) atoms. The molecular formula is C15H21FN2O. The fourth-order valence-electron chi connectivity index (χ4n) is 2.48. The molecule has 0 spiro atoms. The van der Waals surface area contributed by atoms with Crippen molar-refractivity contribution in [2.45, 2.75) is 38.1 Å². The molecule has 0 unspecified atom stereocenters. The molecule has 1 fully saturated rings. The summed E-state index contributed by atoms with van der Waals surface area (Å²) in [4.78, 5) is 11.6. The molecular weight excluding hydrogens is 243 g/mol. The van der Waals surface area contributed by atoms with E-state index < -0.39 is 0 Å². The molecule has 1 aromatic rings. The summed E-state index contributed by atoms with van der Waals surface area (Å²) in [6.07, 6.45) is 5.38. The van der Waals surface area contributed by atoms with E-state index in [4.69, 9.17) is 0 Å². The molecule has 4 heteroatoms. The minimum absolute atomic E-state index is 0.0612. The zero-order valence-electron chi connectivity index (χ0n) is 11.1. The van der Waals surface area contributed by atoms with E-state index in [1.165, 1.54) is 25.0 Å². The van der Waals surface area contributed by atoms with Crippen LogP contribution in [0.3, 0.4) is 0 Å². The Balaban J connectivity index is 1.59. The van der Waals surface area contributed by atoms with Crippen molar-refractivity contribution < 1.29 is 9.18 Å². The third-order valence-electron chi connectivity index (χ3n) is 3.49. The Morgan fingerprint density at radius 2 is 2.11 bits per heavy atom. The van der Waals surface area contributed by atoms with Gasteiger partial charge in [-0.05, 0) is 43.5 Å². The third-order valence-corrected chi connectivity index (χ3v) is 3.49. The Morgan fingerprint density at radius 3 is 2.84 bits per heavy atom. The van der Waals surface area contributed by atoms with Gasteiger partial charge in [0.2, 0.25) is 5.91 Å². The van der Waals surface area contributed by atoms with E-state index in [0.29, 0.717) is 19.1 Å². The first kappa shape index (κ1) is 14.0. The topological polar surface area (TPSA) is 41.1 Å². The summed E-state index contributed by atoms with van der Waals surface area (Å²) in [5, 5.41) is 6.12. The second-order valence-electron chi connectivity index (χ2n) is 5.11. The Kier molecular flexibility index (Phi) is 5.33. The van der Waals surface area contributed by atoms with Gasteiger partial charge in [0.25, 0.3) is 0 Å². The molecule has 0 heterocycles. The summed E-state index contributed by atoms with van der Waals surface area (Å²) in [6, 6.07) is 6.94. The van der Waals surface area contributed by atoms with Gasteiger partial charge in [-0.1, -0.05) is 25.0 Å². The second kappa shape index (κ2) is 7.24. The quantitative estimate of drug-likeness (QED) is 0.772. The second-order valence-corrected chi connectivity index (χ2v) is 5.11. The summed E-state index contributed by atoms with van der Waals surface area (Å²) in [7, 11) is 0. The lowest BCUT2D eigenvalue weighted by Gasteiger charge is -2.12. The van der Waals surface area contributed by atoms with E-state index in [2.05, 4.69) is 10.6 Å². The number of hydrogen-bond donors (Lipinski definition) is 2. The highest BCUT2D eigenvalue weighted by Crippen LogP contribution is 2.17. The van der Waals surface area contributed by atoms with Crippen LogP contribution in [0.2, 0.25) is 0 Å². The predicted molar refractivity (Wildman–Crippen MR) is 73.4 cm³/mol. The molecule has 0 atom stereocenters. The Bertz CT molecular complexity index is 416. The van der Waals surface area contributed by atoms with Crippen molar-refractivity contribution in [1.29, 1.82) is 0 Å². The summed E-state index contributed by atoms with van der Waals surface area (Å²) >= 11 is 0. The molecule has 0 aliphatic heterocycles. The van der Waals surface area contributed by atoms with E-state index in [-0.39, 0.29) is 11.7 Å². The highest BCUT2D eigenvalue weighted by molar-refractivity contribution is 5.78. The van der Waals surface area contributed by atoms with Crippen LogP contribution in [-0.2, 0) is 11.2 Å².